The fourth-order valence-electron chi connectivity index (χ4n) is 2.86. The number of ether oxygens (including phenoxy) is 1. The lowest BCUT2D eigenvalue weighted by Gasteiger charge is -2.22. The van der Waals surface area contributed by atoms with Crippen molar-refractivity contribution in [2.75, 3.05) is 13.2 Å². The number of carbonyl (C=O) groups is 1. The lowest BCUT2D eigenvalue weighted by Crippen LogP contribution is -2.46. The van der Waals surface area contributed by atoms with E-state index in [1.54, 1.807) is 0 Å². The van der Waals surface area contributed by atoms with E-state index in [9.17, 15) is 4.79 Å². The Balaban J connectivity index is 1.65. The molecule has 0 unspecified atom stereocenters. The van der Waals surface area contributed by atoms with E-state index in [-0.39, 0.29) is 11.9 Å². The minimum atomic E-state index is -0.0372. The fourth-order valence-corrected chi connectivity index (χ4v) is 3.41. The highest BCUT2D eigenvalue weighted by atomic mass is 79.9. The van der Waals surface area contributed by atoms with E-state index in [1.165, 1.54) is 5.56 Å². The quantitative estimate of drug-likeness (QED) is 0.887. The van der Waals surface area contributed by atoms with Crippen LogP contribution >= 0.6 is 15.9 Å². The van der Waals surface area contributed by atoms with Crippen LogP contribution in [0.5, 0.6) is 5.75 Å². The molecule has 1 amide bonds. The second-order valence-corrected chi connectivity index (χ2v) is 6.29. The number of fused-ring (bicyclic) bond motifs is 1. The highest BCUT2D eigenvalue weighted by molar-refractivity contribution is 9.10. The largest absolute Gasteiger partial charge is 0.493 e. The lowest BCUT2D eigenvalue weighted by atomic mass is 10.0. The van der Waals surface area contributed by atoms with E-state index in [4.69, 9.17) is 4.74 Å². The van der Waals surface area contributed by atoms with Crippen molar-refractivity contribution < 1.29 is 9.53 Å². The molecule has 108 valence electrons. The Labute approximate surface area is 127 Å². The summed E-state index contributed by atoms with van der Waals surface area (Å²) in [6.07, 6.45) is 4.16. The van der Waals surface area contributed by atoms with Gasteiger partial charge in [-0.05, 0) is 37.1 Å². The molecule has 0 saturated carbocycles. The Morgan fingerprint density at radius 3 is 3.15 bits per heavy atom. The van der Waals surface area contributed by atoms with Crippen LogP contribution in [0.25, 0.3) is 0 Å². The Kier molecular flexibility index (Phi) is 4.27. The van der Waals surface area contributed by atoms with Gasteiger partial charge in [0.15, 0.2) is 0 Å². The van der Waals surface area contributed by atoms with Crippen molar-refractivity contribution in [3.63, 3.8) is 0 Å². The number of nitrogens with one attached hydrogen (secondary N) is 2. The van der Waals surface area contributed by atoms with Crippen molar-refractivity contribution in [2.24, 2.45) is 0 Å². The van der Waals surface area contributed by atoms with Crippen LogP contribution in [-0.4, -0.2) is 25.1 Å². The van der Waals surface area contributed by atoms with Gasteiger partial charge in [-0.3, -0.25) is 4.79 Å². The summed E-state index contributed by atoms with van der Waals surface area (Å²) in [5.41, 5.74) is 2.27. The van der Waals surface area contributed by atoms with Crippen LogP contribution in [0, 0.1) is 0 Å². The van der Waals surface area contributed by atoms with Gasteiger partial charge in [-0.1, -0.05) is 22.4 Å². The summed E-state index contributed by atoms with van der Waals surface area (Å²) in [7, 11) is 0. The molecule has 2 N–H and O–H groups in total. The summed E-state index contributed by atoms with van der Waals surface area (Å²) in [6.45, 7) is 2.20. The molecule has 1 aromatic rings. The van der Waals surface area contributed by atoms with Gasteiger partial charge in [-0.2, -0.15) is 0 Å². The van der Waals surface area contributed by atoms with Crippen LogP contribution in [0.15, 0.2) is 16.6 Å². The number of amides is 1. The zero-order chi connectivity index (χ0) is 13.9. The molecule has 3 rings (SSSR count). The zero-order valence-corrected chi connectivity index (χ0v) is 13.0. The Morgan fingerprint density at radius 2 is 2.35 bits per heavy atom. The molecule has 2 aliphatic rings. The summed E-state index contributed by atoms with van der Waals surface area (Å²) in [4.78, 5) is 12.1. The van der Waals surface area contributed by atoms with Crippen LogP contribution in [-0.2, 0) is 17.8 Å². The molecule has 0 radical (unpaired) electrons. The van der Waals surface area contributed by atoms with Crippen molar-refractivity contribution in [3.05, 3.63) is 27.7 Å². The molecule has 1 aromatic carbocycles. The third-order valence-corrected chi connectivity index (χ3v) is 4.36. The van der Waals surface area contributed by atoms with Crippen molar-refractivity contribution in [2.45, 2.75) is 38.3 Å². The predicted octanol–water partition coefficient (Wildman–Crippen LogP) is 2.14. The zero-order valence-electron chi connectivity index (χ0n) is 11.4. The molecule has 0 spiro atoms. The predicted molar refractivity (Wildman–Crippen MR) is 80.8 cm³/mol. The number of benzene rings is 1. The summed E-state index contributed by atoms with van der Waals surface area (Å²) < 4.78 is 6.72. The molecule has 0 bridgehead atoms. The first kappa shape index (κ1) is 13.9. The van der Waals surface area contributed by atoms with Gasteiger partial charge in [-0.15, -0.1) is 0 Å². The van der Waals surface area contributed by atoms with E-state index in [0.717, 1.165) is 54.6 Å². The minimum Gasteiger partial charge on any atom is -0.493 e. The van der Waals surface area contributed by atoms with Gasteiger partial charge in [0.25, 0.3) is 0 Å². The van der Waals surface area contributed by atoms with Gasteiger partial charge in [0.05, 0.1) is 12.6 Å². The monoisotopic (exact) mass is 338 g/mol. The summed E-state index contributed by atoms with van der Waals surface area (Å²) in [6, 6.07) is 4.08. The van der Waals surface area contributed by atoms with Gasteiger partial charge in [0, 0.05) is 23.0 Å². The summed E-state index contributed by atoms with van der Waals surface area (Å²) >= 11 is 3.52. The van der Waals surface area contributed by atoms with E-state index >= 15 is 0 Å². The Hall–Kier alpha value is -1.07. The van der Waals surface area contributed by atoms with Crippen LogP contribution < -0.4 is 15.4 Å². The number of piperidine rings is 1. The van der Waals surface area contributed by atoms with Crippen molar-refractivity contribution in [1.82, 2.24) is 10.6 Å². The van der Waals surface area contributed by atoms with E-state index in [1.807, 2.05) is 6.07 Å². The number of rotatable bonds is 3. The number of halogens is 1. The highest BCUT2D eigenvalue weighted by Gasteiger charge is 2.22. The number of hydrogen-bond acceptors (Lipinski definition) is 3. The molecule has 1 atom stereocenters. The van der Waals surface area contributed by atoms with Gasteiger partial charge >= 0.3 is 0 Å². The maximum Gasteiger partial charge on any atom is 0.237 e. The molecule has 2 heterocycles. The lowest BCUT2D eigenvalue weighted by molar-refractivity contribution is -0.123. The molecule has 0 aliphatic carbocycles. The average Bonchev–Trinajstić information content (AvgIpc) is 2.93. The smallest absolute Gasteiger partial charge is 0.237 e. The number of hydrogen-bond donors (Lipinski definition) is 2. The first-order chi connectivity index (χ1) is 9.74. The van der Waals surface area contributed by atoms with E-state index in [2.05, 4.69) is 32.6 Å². The first-order valence-corrected chi connectivity index (χ1v) is 7.98. The maximum atomic E-state index is 12.1. The van der Waals surface area contributed by atoms with Crippen molar-refractivity contribution >= 4 is 21.8 Å². The molecule has 0 aromatic heterocycles. The minimum absolute atomic E-state index is 0.0372. The van der Waals surface area contributed by atoms with Gasteiger partial charge in [0.1, 0.15) is 5.75 Å². The molecular weight excluding hydrogens is 320 g/mol. The van der Waals surface area contributed by atoms with Crippen LogP contribution in [0.1, 0.15) is 30.4 Å². The SMILES string of the molecule is O=C(NCc1cc(Br)cc2c1OCC2)[C@@H]1CCCCN1. The first-order valence-electron chi connectivity index (χ1n) is 7.19. The average molecular weight is 339 g/mol. The van der Waals surface area contributed by atoms with Crippen LogP contribution in [0.2, 0.25) is 0 Å². The third kappa shape index (κ3) is 2.99. The second-order valence-electron chi connectivity index (χ2n) is 5.37. The topological polar surface area (TPSA) is 50.4 Å². The van der Waals surface area contributed by atoms with Gasteiger partial charge in [0.2, 0.25) is 5.91 Å². The van der Waals surface area contributed by atoms with Crippen LogP contribution in [0.3, 0.4) is 0 Å². The summed E-state index contributed by atoms with van der Waals surface area (Å²) in [5.74, 6) is 1.04. The number of carbonyl (C=O) groups excluding carboxylic acids is 1. The van der Waals surface area contributed by atoms with Crippen molar-refractivity contribution in [1.29, 1.82) is 0 Å². The van der Waals surface area contributed by atoms with E-state index in [0.29, 0.717) is 6.54 Å². The van der Waals surface area contributed by atoms with Gasteiger partial charge < -0.3 is 15.4 Å². The standard InChI is InChI=1S/C15H19BrN2O2/c16-12-7-10-4-6-20-14(10)11(8-12)9-18-15(19)13-3-1-2-5-17-13/h7-8,13,17H,1-6,9H2,(H,18,19)/t13-/m0/s1. The normalized spacial score (nSPS) is 21.1. The third-order valence-electron chi connectivity index (χ3n) is 3.91. The molecule has 20 heavy (non-hydrogen) atoms. The summed E-state index contributed by atoms with van der Waals surface area (Å²) in [5, 5.41) is 6.29. The van der Waals surface area contributed by atoms with Gasteiger partial charge in [-0.25, -0.2) is 0 Å². The maximum absolute atomic E-state index is 12.1. The molecule has 1 saturated heterocycles. The Morgan fingerprint density at radius 1 is 1.45 bits per heavy atom. The van der Waals surface area contributed by atoms with E-state index < -0.39 is 0 Å². The Bertz CT molecular complexity index is 513. The molecule has 2 aliphatic heterocycles. The fraction of sp³-hybridized carbons (Fsp3) is 0.533. The van der Waals surface area contributed by atoms with Crippen LogP contribution in [0.4, 0.5) is 0 Å². The molecule has 4 nitrogen and oxygen atoms in total. The van der Waals surface area contributed by atoms with Crippen molar-refractivity contribution in [3.8, 4) is 5.75 Å². The second kappa shape index (κ2) is 6.14. The molecular formula is C15H19BrN2O2. The highest BCUT2D eigenvalue weighted by Crippen LogP contribution is 2.32. The molecule has 1 fully saturated rings. The molecule has 5 heteroatoms.